The van der Waals surface area contributed by atoms with Crippen LogP contribution in [0.5, 0.6) is 0 Å². The summed E-state index contributed by atoms with van der Waals surface area (Å²) < 4.78 is 4.62. The average molecular weight is 149 g/mol. The van der Waals surface area contributed by atoms with Crippen molar-refractivity contribution in [2.24, 2.45) is 0 Å². The summed E-state index contributed by atoms with van der Waals surface area (Å²) in [4.78, 5) is 0. The molecule has 2 heteroatoms. The maximum atomic E-state index is 8.21. The smallest absolute Gasteiger partial charge is 0.292 e. The number of hydrogen-bond acceptors (Lipinski definition) is 2. The van der Waals surface area contributed by atoms with Gasteiger partial charge in [0.25, 0.3) is 6.26 Å². The van der Waals surface area contributed by atoms with Gasteiger partial charge in [-0.15, -0.1) is 5.26 Å². The van der Waals surface area contributed by atoms with Gasteiger partial charge in [0.15, 0.2) is 0 Å². The summed E-state index contributed by atoms with van der Waals surface area (Å²) in [6.07, 6.45) is 3.26. The van der Waals surface area contributed by atoms with E-state index in [4.69, 9.17) is 5.26 Å². The Morgan fingerprint density at radius 2 is 2.00 bits per heavy atom. The molecule has 0 N–H and O–H groups in total. The minimum Gasteiger partial charge on any atom is -0.388 e. The third kappa shape index (κ3) is 3.99. The number of allylic oxidation sites excluding steroid dienone is 3. The molecule has 0 amide bonds. The molecule has 0 aromatic rings. The summed E-state index contributed by atoms with van der Waals surface area (Å²) in [6, 6.07) is 0. The molecule has 2 nitrogen and oxygen atoms in total. The lowest BCUT2D eigenvalue weighted by Crippen LogP contribution is -1.86. The molecule has 0 heterocycles. The van der Waals surface area contributed by atoms with Crippen molar-refractivity contribution in [2.45, 2.75) is 13.8 Å². The van der Waals surface area contributed by atoms with Gasteiger partial charge in [0, 0.05) is 0 Å². The third-order valence-corrected chi connectivity index (χ3v) is 0.954. The van der Waals surface area contributed by atoms with Crippen LogP contribution in [0.2, 0.25) is 0 Å². The molecule has 0 unspecified atom stereocenters. The Balaban J connectivity index is 4.49. The molecule has 0 aliphatic rings. The van der Waals surface area contributed by atoms with E-state index in [2.05, 4.69) is 17.9 Å². The Morgan fingerprint density at radius 1 is 1.45 bits per heavy atom. The number of hydrogen-bond donors (Lipinski definition) is 0. The molecule has 11 heavy (non-hydrogen) atoms. The third-order valence-electron chi connectivity index (χ3n) is 0.954. The number of nitrogens with zero attached hydrogens (tertiary/aromatic N) is 1. The van der Waals surface area contributed by atoms with Crippen molar-refractivity contribution in [3.63, 3.8) is 0 Å². The minimum atomic E-state index is 0.472. The molecular weight excluding hydrogens is 138 g/mol. The van der Waals surface area contributed by atoms with Crippen LogP contribution in [0.1, 0.15) is 13.8 Å². The van der Waals surface area contributed by atoms with E-state index in [1.54, 1.807) is 19.3 Å². The molecule has 0 aliphatic heterocycles. The second kappa shape index (κ2) is 4.35. The van der Waals surface area contributed by atoms with Crippen LogP contribution in [0.4, 0.5) is 0 Å². The highest BCUT2D eigenvalue weighted by Gasteiger charge is 1.97. The van der Waals surface area contributed by atoms with E-state index in [1.807, 2.05) is 6.92 Å². The molecule has 0 bridgehead atoms. The SMILES string of the molecule is C=C(C)/C=C(/OC#N)C(=C)C. The zero-order valence-corrected chi connectivity index (χ0v) is 6.85. The first-order valence-electron chi connectivity index (χ1n) is 3.17. The highest BCUT2D eigenvalue weighted by Crippen LogP contribution is 2.10. The van der Waals surface area contributed by atoms with Gasteiger partial charge in [0.1, 0.15) is 5.76 Å². The van der Waals surface area contributed by atoms with Gasteiger partial charge in [-0.2, -0.15) is 0 Å². The molecule has 0 saturated heterocycles. The summed E-state index contributed by atoms with van der Waals surface area (Å²) in [5.74, 6) is 0.472. The van der Waals surface area contributed by atoms with Crippen molar-refractivity contribution in [3.8, 4) is 6.26 Å². The van der Waals surface area contributed by atoms with Crippen molar-refractivity contribution in [1.82, 2.24) is 0 Å². The minimum absolute atomic E-state index is 0.472. The average Bonchev–Trinajstić information content (AvgIpc) is 1.86. The molecule has 0 fully saturated rings. The zero-order chi connectivity index (χ0) is 8.85. The summed E-state index contributed by atoms with van der Waals surface area (Å²) in [5.41, 5.74) is 1.55. The highest BCUT2D eigenvalue weighted by molar-refractivity contribution is 5.28. The van der Waals surface area contributed by atoms with Gasteiger partial charge >= 0.3 is 0 Å². The van der Waals surface area contributed by atoms with Gasteiger partial charge in [-0.05, 0) is 25.5 Å². The van der Waals surface area contributed by atoms with Crippen LogP contribution in [0.3, 0.4) is 0 Å². The fourth-order valence-corrected chi connectivity index (χ4v) is 0.513. The molecule has 0 aliphatic carbocycles. The van der Waals surface area contributed by atoms with E-state index in [9.17, 15) is 0 Å². The van der Waals surface area contributed by atoms with Gasteiger partial charge in [0.05, 0.1) is 0 Å². The molecule has 0 rings (SSSR count). The van der Waals surface area contributed by atoms with Crippen molar-refractivity contribution in [1.29, 1.82) is 5.26 Å². The van der Waals surface area contributed by atoms with Crippen molar-refractivity contribution >= 4 is 0 Å². The number of nitriles is 1. The quantitative estimate of drug-likeness (QED) is 0.351. The van der Waals surface area contributed by atoms with Gasteiger partial charge in [0.2, 0.25) is 0 Å². The standard InChI is InChI=1S/C9H11NO/c1-7(2)5-9(8(3)4)11-6-10/h5H,1,3H2,2,4H3/b9-5+. The molecule has 0 spiro atoms. The Labute approximate surface area is 67.1 Å². The van der Waals surface area contributed by atoms with Crippen LogP contribution in [0, 0.1) is 11.5 Å². The zero-order valence-electron chi connectivity index (χ0n) is 6.85. The summed E-state index contributed by atoms with van der Waals surface area (Å²) in [5, 5.41) is 8.21. The maximum absolute atomic E-state index is 8.21. The lowest BCUT2D eigenvalue weighted by molar-refractivity contribution is 0.385. The van der Waals surface area contributed by atoms with Crippen LogP contribution in [0.15, 0.2) is 36.1 Å². The van der Waals surface area contributed by atoms with E-state index in [0.29, 0.717) is 5.76 Å². The van der Waals surface area contributed by atoms with Crippen molar-refractivity contribution < 1.29 is 4.74 Å². The monoisotopic (exact) mass is 149 g/mol. The van der Waals surface area contributed by atoms with Gasteiger partial charge in [-0.1, -0.05) is 18.7 Å². The van der Waals surface area contributed by atoms with Crippen molar-refractivity contribution in [2.75, 3.05) is 0 Å². The Morgan fingerprint density at radius 3 is 2.27 bits per heavy atom. The topological polar surface area (TPSA) is 33.0 Å². The van der Waals surface area contributed by atoms with Gasteiger partial charge < -0.3 is 4.74 Å². The normalized spacial score (nSPS) is 10.1. The first kappa shape index (κ1) is 9.51. The summed E-state index contributed by atoms with van der Waals surface area (Å²) in [7, 11) is 0. The predicted molar refractivity (Wildman–Crippen MR) is 44.4 cm³/mol. The fourth-order valence-electron chi connectivity index (χ4n) is 0.513. The molecular formula is C9H11NO. The highest BCUT2D eigenvalue weighted by atomic mass is 16.5. The van der Waals surface area contributed by atoms with E-state index in [1.165, 1.54) is 0 Å². The molecule has 0 atom stereocenters. The number of rotatable bonds is 3. The second-order valence-electron chi connectivity index (χ2n) is 2.33. The van der Waals surface area contributed by atoms with E-state index < -0.39 is 0 Å². The maximum Gasteiger partial charge on any atom is 0.292 e. The van der Waals surface area contributed by atoms with Crippen LogP contribution < -0.4 is 0 Å². The Kier molecular flexibility index (Phi) is 3.76. The second-order valence-corrected chi connectivity index (χ2v) is 2.33. The molecule has 58 valence electrons. The van der Waals surface area contributed by atoms with Gasteiger partial charge in [-0.3, -0.25) is 0 Å². The number of ether oxygens (including phenoxy) is 1. The fraction of sp³-hybridized carbons (Fsp3) is 0.222. The van der Waals surface area contributed by atoms with E-state index in [-0.39, 0.29) is 0 Å². The van der Waals surface area contributed by atoms with Gasteiger partial charge in [-0.25, -0.2) is 0 Å². The van der Waals surface area contributed by atoms with Crippen LogP contribution in [0.25, 0.3) is 0 Å². The lowest BCUT2D eigenvalue weighted by Gasteiger charge is -2.00. The van der Waals surface area contributed by atoms with Crippen LogP contribution in [-0.2, 0) is 4.74 Å². The summed E-state index contributed by atoms with van der Waals surface area (Å²) >= 11 is 0. The predicted octanol–water partition coefficient (Wildman–Crippen LogP) is 2.52. The molecule has 0 saturated carbocycles. The van der Waals surface area contributed by atoms with E-state index in [0.717, 1.165) is 11.1 Å². The van der Waals surface area contributed by atoms with E-state index >= 15 is 0 Å². The van der Waals surface area contributed by atoms with Crippen molar-refractivity contribution in [3.05, 3.63) is 36.1 Å². The lowest BCUT2D eigenvalue weighted by atomic mass is 10.2. The summed E-state index contributed by atoms with van der Waals surface area (Å²) in [6.45, 7) is 10.9. The largest absolute Gasteiger partial charge is 0.388 e. The first-order valence-corrected chi connectivity index (χ1v) is 3.17. The molecule has 0 aromatic carbocycles. The van der Waals surface area contributed by atoms with Crippen LogP contribution in [-0.4, -0.2) is 0 Å². The first-order chi connectivity index (χ1) is 5.07. The van der Waals surface area contributed by atoms with Crippen LogP contribution >= 0.6 is 0 Å². The molecule has 0 radical (unpaired) electrons. The molecule has 0 aromatic heterocycles. The Hall–Kier alpha value is -1.49. The Bertz CT molecular complexity index is 243.